The zero-order valence-corrected chi connectivity index (χ0v) is 23.2. The standard InChI is InChI=1S/C33H35FN4O2/c1-21(2)30(37(17-9-16-35)32(39)24-15-14-22(3)28(34)19-24)29-27(18-23-10-5-4-6-11-23)33(40)38-20-25-12-7-8-13-26(25)31(38)36-29/h4-8,10-15,19,21,30H,9,16-18,20,35H2,1-3H3. The van der Waals surface area contributed by atoms with Crippen LogP contribution in [0.5, 0.6) is 0 Å². The molecule has 2 N–H and O–H groups in total. The summed E-state index contributed by atoms with van der Waals surface area (Å²) < 4.78 is 16.3. The number of nitrogens with zero attached hydrogens (tertiary/aromatic N) is 3. The maximum atomic E-state index is 14.5. The van der Waals surface area contributed by atoms with Crippen LogP contribution < -0.4 is 11.3 Å². The number of rotatable bonds is 9. The first-order chi connectivity index (χ1) is 19.3. The third-order valence-electron chi connectivity index (χ3n) is 7.64. The van der Waals surface area contributed by atoms with Crippen LogP contribution in [0.1, 0.15) is 64.6 Å². The first-order valence-electron chi connectivity index (χ1n) is 13.8. The molecular formula is C33H35FN4O2. The molecule has 1 atom stereocenters. The van der Waals surface area contributed by atoms with Crippen LogP contribution >= 0.6 is 0 Å². The molecule has 1 aliphatic rings. The van der Waals surface area contributed by atoms with Crippen molar-refractivity contribution >= 4 is 5.91 Å². The molecule has 7 heteroatoms. The van der Waals surface area contributed by atoms with Crippen LogP contribution in [0.15, 0.2) is 77.6 Å². The normalized spacial score (nSPS) is 12.8. The van der Waals surface area contributed by atoms with Crippen LogP contribution in [-0.2, 0) is 13.0 Å². The number of carbonyl (C=O) groups is 1. The van der Waals surface area contributed by atoms with E-state index in [4.69, 9.17) is 10.7 Å². The van der Waals surface area contributed by atoms with Gasteiger partial charge in [-0.15, -0.1) is 0 Å². The van der Waals surface area contributed by atoms with Crippen molar-refractivity contribution in [3.05, 3.63) is 122 Å². The summed E-state index contributed by atoms with van der Waals surface area (Å²) in [6.07, 6.45) is 0.948. The summed E-state index contributed by atoms with van der Waals surface area (Å²) in [5, 5.41) is 0. The largest absolute Gasteiger partial charge is 0.330 e. The molecule has 6 nitrogen and oxygen atoms in total. The molecule has 0 saturated heterocycles. The van der Waals surface area contributed by atoms with Gasteiger partial charge in [0, 0.05) is 29.7 Å². The maximum Gasteiger partial charge on any atom is 0.257 e. The zero-order valence-electron chi connectivity index (χ0n) is 23.2. The van der Waals surface area contributed by atoms with Crippen molar-refractivity contribution in [2.45, 2.75) is 46.2 Å². The average molecular weight is 539 g/mol. The Hall–Kier alpha value is -4.10. The van der Waals surface area contributed by atoms with Crippen molar-refractivity contribution in [3.63, 3.8) is 0 Å². The van der Waals surface area contributed by atoms with Gasteiger partial charge in [-0.2, -0.15) is 0 Å². The third kappa shape index (κ3) is 5.21. The predicted octanol–water partition coefficient (Wildman–Crippen LogP) is 5.50. The number of benzene rings is 3. The lowest BCUT2D eigenvalue weighted by molar-refractivity contribution is 0.0613. The minimum absolute atomic E-state index is 0.0851. The minimum Gasteiger partial charge on any atom is -0.330 e. The molecule has 0 saturated carbocycles. The van der Waals surface area contributed by atoms with Gasteiger partial charge in [-0.25, -0.2) is 9.37 Å². The van der Waals surface area contributed by atoms with Gasteiger partial charge in [-0.05, 0) is 54.6 Å². The van der Waals surface area contributed by atoms with Gasteiger partial charge in [0.05, 0.1) is 18.3 Å². The Labute approximate surface area is 234 Å². The van der Waals surface area contributed by atoms with E-state index in [0.29, 0.717) is 55.1 Å². The average Bonchev–Trinajstić information content (AvgIpc) is 3.33. The Bertz CT molecular complexity index is 1600. The van der Waals surface area contributed by atoms with E-state index in [1.54, 1.807) is 28.5 Å². The van der Waals surface area contributed by atoms with E-state index in [9.17, 15) is 14.0 Å². The van der Waals surface area contributed by atoms with E-state index in [1.165, 1.54) is 6.07 Å². The van der Waals surface area contributed by atoms with Gasteiger partial charge in [0.2, 0.25) is 0 Å². The monoisotopic (exact) mass is 538 g/mol. The number of amides is 1. The number of aromatic nitrogens is 2. The molecule has 0 fully saturated rings. The molecule has 2 heterocycles. The summed E-state index contributed by atoms with van der Waals surface area (Å²) >= 11 is 0. The minimum atomic E-state index is -0.520. The Kier molecular flexibility index (Phi) is 7.94. The number of hydrogen-bond donors (Lipinski definition) is 1. The van der Waals surface area contributed by atoms with Crippen LogP contribution in [0.3, 0.4) is 0 Å². The van der Waals surface area contributed by atoms with Crippen LogP contribution in [0.4, 0.5) is 4.39 Å². The zero-order chi connectivity index (χ0) is 28.4. The molecule has 1 aromatic heterocycles. The maximum absolute atomic E-state index is 14.5. The van der Waals surface area contributed by atoms with Crippen LogP contribution in [0, 0.1) is 18.7 Å². The second-order valence-corrected chi connectivity index (χ2v) is 10.8. The summed E-state index contributed by atoms with van der Waals surface area (Å²) in [6.45, 7) is 6.93. The molecule has 4 aromatic rings. The fourth-order valence-electron chi connectivity index (χ4n) is 5.56. The van der Waals surface area contributed by atoms with Crippen molar-refractivity contribution in [3.8, 4) is 11.4 Å². The number of aryl methyl sites for hydroxylation is 1. The van der Waals surface area contributed by atoms with Crippen LogP contribution in [0.25, 0.3) is 11.4 Å². The van der Waals surface area contributed by atoms with E-state index < -0.39 is 11.9 Å². The summed E-state index contributed by atoms with van der Waals surface area (Å²) in [5.41, 5.74) is 10.6. The Morgan fingerprint density at radius 3 is 2.50 bits per heavy atom. The molecule has 3 aromatic carbocycles. The van der Waals surface area contributed by atoms with E-state index in [1.807, 2.05) is 68.4 Å². The van der Waals surface area contributed by atoms with Crippen molar-refractivity contribution in [2.24, 2.45) is 11.7 Å². The van der Waals surface area contributed by atoms with Gasteiger partial charge < -0.3 is 10.6 Å². The highest BCUT2D eigenvalue weighted by atomic mass is 19.1. The summed E-state index contributed by atoms with van der Waals surface area (Å²) in [7, 11) is 0. The van der Waals surface area contributed by atoms with Gasteiger partial charge in [-0.3, -0.25) is 14.2 Å². The van der Waals surface area contributed by atoms with Gasteiger partial charge in [-0.1, -0.05) is 74.5 Å². The third-order valence-corrected chi connectivity index (χ3v) is 7.64. The van der Waals surface area contributed by atoms with E-state index in [0.717, 1.165) is 16.7 Å². The van der Waals surface area contributed by atoms with Crippen molar-refractivity contribution < 1.29 is 9.18 Å². The highest BCUT2D eigenvalue weighted by molar-refractivity contribution is 5.94. The number of carbonyl (C=O) groups excluding carboxylic acids is 1. The highest BCUT2D eigenvalue weighted by Crippen LogP contribution is 2.35. The smallest absolute Gasteiger partial charge is 0.257 e. The van der Waals surface area contributed by atoms with Crippen molar-refractivity contribution in [2.75, 3.05) is 13.1 Å². The first kappa shape index (κ1) is 27.5. The van der Waals surface area contributed by atoms with Gasteiger partial charge in [0.1, 0.15) is 11.6 Å². The van der Waals surface area contributed by atoms with Gasteiger partial charge in [0.25, 0.3) is 11.5 Å². The van der Waals surface area contributed by atoms with E-state index in [2.05, 4.69) is 0 Å². The molecule has 1 aliphatic heterocycles. The summed E-state index contributed by atoms with van der Waals surface area (Å²) in [6, 6.07) is 21.8. The van der Waals surface area contributed by atoms with Gasteiger partial charge >= 0.3 is 0 Å². The van der Waals surface area contributed by atoms with Crippen LogP contribution in [-0.4, -0.2) is 33.4 Å². The molecule has 5 rings (SSSR count). The molecule has 1 unspecified atom stereocenters. The Balaban J connectivity index is 1.71. The fourth-order valence-corrected chi connectivity index (χ4v) is 5.56. The molecule has 0 radical (unpaired) electrons. The Morgan fingerprint density at radius 1 is 1.07 bits per heavy atom. The van der Waals surface area contributed by atoms with Gasteiger partial charge in [0.15, 0.2) is 0 Å². The second-order valence-electron chi connectivity index (χ2n) is 10.8. The lowest BCUT2D eigenvalue weighted by Crippen LogP contribution is -2.41. The predicted molar refractivity (Wildman–Crippen MR) is 156 cm³/mol. The number of fused-ring (bicyclic) bond motifs is 3. The molecular weight excluding hydrogens is 503 g/mol. The van der Waals surface area contributed by atoms with Crippen LogP contribution in [0.2, 0.25) is 0 Å². The van der Waals surface area contributed by atoms with Crippen molar-refractivity contribution in [1.29, 1.82) is 0 Å². The number of halogens is 1. The molecule has 206 valence electrons. The summed E-state index contributed by atoms with van der Waals surface area (Å²) in [5.74, 6) is -0.204. The number of hydrogen-bond acceptors (Lipinski definition) is 4. The first-order valence-corrected chi connectivity index (χ1v) is 13.8. The molecule has 0 aliphatic carbocycles. The SMILES string of the molecule is Cc1ccc(C(=O)N(CCCN)C(c2nc3n(c(=O)c2Cc2ccccc2)Cc2ccccc2-3)C(C)C)cc1F. The summed E-state index contributed by atoms with van der Waals surface area (Å²) in [4.78, 5) is 35.1. The lowest BCUT2D eigenvalue weighted by Gasteiger charge is -2.35. The number of nitrogens with two attached hydrogens (primary N) is 1. The molecule has 40 heavy (non-hydrogen) atoms. The molecule has 0 spiro atoms. The van der Waals surface area contributed by atoms with Crippen molar-refractivity contribution in [1.82, 2.24) is 14.5 Å². The lowest BCUT2D eigenvalue weighted by atomic mass is 9.92. The van der Waals surface area contributed by atoms with E-state index >= 15 is 0 Å². The fraction of sp³-hybridized carbons (Fsp3) is 0.303. The highest BCUT2D eigenvalue weighted by Gasteiger charge is 2.35. The second kappa shape index (κ2) is 11.6. The quantitative estimate of drug-likeness (QED) is 0.269. The Morgan fingerprint density at radius 2 is 1.80 bits per heavy atom. The molecule has 1 amide bonds. The molecule has 0 bridgehead atoms. The topological polar surface area (TPSA) is 81.2 Å². The van der Waals surface area contributed by atoms with E-state index in [-0.39, 0.29) is 22.9 Å².